The number of rotatable bonds is 4. The number of aliphatic hydroxyl groups is 1. The quantitative estimate of drug-likeness (QED) is 0.703. The Bertz CT molecular complexity index is 919. The number of anilines is 1. The number of nitrogens with one attached hydrogen (secondary N) is 1. The van der Waals surface area contributed by atoms with Crippen molar-refractivity contribution in [2.45, 2.75) is 12.8 Å². The van der Waals surface area contributed by atoms with Gasteiger partial charge in [-0.2, -0.15) is 4.39 Å². The maximum Gasteiger partial charge on any atom is 0.224 e. The highest BCUT2D eigenvalue weighted by molar-refractivity contribution is 5.84. The predicted molar refractivity (Wildman–Crippen MR) is 97.9 cm³/mol. The Labute approximate surface area is 150 Å². The Kier molecular flexibility index (Phi) is 4.46. The van der Waals surface area contributed by atoms with Crippen LogP contribution in [0.1, 0.15) is 12.8 Å². The van der Waals surface area contributed by atoms with Gasteiger partial charge in [-0.25, -0.2) is 9.97 Å². The highest BCUT2D eigenvalue weighted by atomic mass is 19.1. The molecule has 3 aromatic rings. The summed E-state index contributed by atoms with van der Waals surface area (Å²) in [5.41, 5.74) is 1.72. The van der Waals surface area contributed by atoms with Crippen LogP contribution in [0.25, 0.3) is 22.3 Å². The van der Waals surface area contributed by atoms with E-state index in [1.807, 2.05) is 18.2 Å². The minimum Gasteiger partial charge on any atom is -0.495 e. The van der Waals surface area contributed by atoms with E-state index >= 15 is 0 Å². The summed E-state index contributed by atoms with van der Waals surface area (Å²) in [6.07, 6.45) is 3.42. The molecule has 1 aliphatic rings. The molecule has 1 aliphatic heterocycles. The van der Waals surface area contributed by atoms with Crippen LogP contribution in [0.2, 0.25) is 0 Å². The molecule has 1 saturated heterocycles. The molecular formula is C19H21FN4O2. The van der Waals surface area contributed by atoms with Crippen LogP contribution in [-0.2, 0) is 0 Å². The predicted octanol–water partition coefficient (Wildman–Crippen LogP) is 2.98. The SMILES string of the molecule is COc1cnc2[nH]c(-c3ccc(N4CCC(CO)CC4)nc3F)cc2c1. The molecule has 136 valence electrons. The molecule has 0 bridgehead atoms. The fourth-order valence-electron chi connectivity index (χ4n) is 3.40. The van der Waals surface area contributed by atoms with Crippen molar-refractivity contribution in [3.8, 4) is 17.0 Å². The minimum absolute atomic E-state index is 0.216. The fraction of sp³-hybridized carbons (Fsp3) is 0.368. The van der Waals surface area contributed by atoms with Crippen molar-refractivity contribution in [2.24, 2.45) is 5.92 Å². The summed E-state index contributed by atoms with van der Waals surface area (Å²) in [7, 11) is 1.59. The summed E-state index contributed by atoms with van der Waals surface area (Å²) < 4.78 is 19.8. The van der Waals surface area contributed by atoms with Crippen LogP contribution in [0.15, 0.2) is 30.5 Å². The van der Waals surface area contributed by atoms with Gasteiger partial charge in [-0.15, -0.1) is 0 Å². The van der Waals surface area contributed by atoms with E-state index in [1.165, 1.54) is 0 Å². The lowest BCUT2D eigenvalue weighted by Crippen LogP contribution is -2.35. The van der Waals surface area contributed by atoms with Gasteiger partial charge in [-0.05, 0) is 43.0 Å². The number of aliphatic hydroxyl groups excluding tert-OH is 1. The number of hydrogen-bond acceptors (Lipinski definition) is 5. The maximum atomic E-state index is 14.7. The van der Waals surface area contributed by atoms with Crippen LogP contribution in [-0.4, -0.2) is 46.9 Å². The number of H-pyrrole nitrogens is 1. The standard InChI is InChI=1S/C19H21FN4O2/c1-26-14-8-13-9-16(22-19(13)21-10-14)15-2-3-17(23-18(15)20)24-6-4-12(11-25)5-7-24/h2-3,8-10,12,25H,4-7,11H2,1H3,(H,21,22). The first kappa shape index (κ1) is 16.8. The van der Waals surface area contributed by atoms with Crippen molar-refractivity contribution in [3.63, 3.8) is 0 Å². The molecular weight excluding hydrogens is 335 g/mol. The third-order valence-electron chi connectivity index (χ3n) is 5.00. The number of pyridine rings is 2. The van der Waals surface area contributed by atoms with Gasteiger partial charge in [0.05, 0.1) is 24.6 Å². The molecule has 0 aliphatic carbocycles. The van der Waals surface area contributed by atoms with Crippen LogP contribution in [0.3, 0.4) is 0 Å². The molecule has 0 amide bonds. The Hall–Kier alpha value is -2.67. The van der Waals surface area contributed by atoms with E-state index in [0.29, 0.717) is 34.4 Å². The number of hydrogen-bond donors (Lipinski definition) is 2. The van der Waals surface area contributed by atoms with E-state index in [-0.39, 0.29) is 6.61 Å². The van der Waals surface area contributed by atoms with Gasteiger partial charge < -0.3 is 19.7 Å². The van der Waals surface area contributed by atoms with Crippen molar-refractivity contribution >= 4 is 16.9 Å². The average molecular weight is 356 g/mol. The highest BCUT2D eigenvalue weighted by Crippen LogP contribution is 2.29. The molecule has 0 saturated carbocycles. The lowest BCUT2D eigenvalue weighted by molar-refractivity contribution is 0.202. The smallest absolute Gasteiger partial charge is 0.224 e. The number of aromatic amines is 1. The van der Waals surface area contributed by atoms with Crippen LogP contribution < -0.4 is 9.64 Å². The first-order valence-electron chi connectivity index (χ1n) is 8.73. The third-order valence-corrected chi connectivity index (χ3v) is 5.00. The van der Waals surface area contributed by atoms with E-state index in [4.69, 9.17) is 4.74 Å². The van der Waals surface area contributed by atoms with Crippen molar-refractivity contribution in [2.75, 3.05) is 31.7 Å². The van der Waals surface area contributed by atoms with Gasteiger partial charge in [0.2, 0.25) is 5.95 Å². The second kappa shape index (κ2) is 6.92. The van der Waals surface area contributed by atoms with Crippen LogP contribution in [0, 0.1) is 11.9 Å². The minimum atomic E-state index is -0.509. The van der Waals surface area contributed by atoms with E-state index in [1.54, 1.807) is 19.4 Å². The molecule has 1 fully saturated rings. The number of methoxy groups -OCH3 is 1. The molecule has 0 unspecified atom stereocenters. The summed E-state index contributed by atoms with van der Waals surface area (Å²) in [4.78, 5) is 13.6. The van der Waals surface area contributed by atoms with Crippen LogP contribution in [0.4, 0.5) is 10.2 Å². The van der Waals surface area contributed by atoms with Crippen molar-refractivity contribution in [1.82, 2.24) is 15.0 Å². The first-order valence-corrected chi connectivity index (χ1v) is 8.73. The molecule has 4 rings (SSSR count). The second-order valence-electron chi connectivity index (χ2n) is 6.62. The van der Waals surface area contributed by atoms with Gasteiger partial charge >= 0.3 is 0 Å². The lowest BCUT2D eigenvalue weighted by Gasteiger charge is -2.32. The lowest BCUT2D eigenvalue weighted by atomic mass is 9.98. The zero-order valence-corrected chi connectivity index (χ0v) is 14.6. The molecule has 0 radical (unpaired) electrons. The third kappa shape index (κ3) is 3.10. The summed E-state index contributed by atoms with van der Waals surface area (Å²) in [5, 5.41) is 10.1. The van der Waals surface area contributed by atoms with Gasteiger partial charge in [0, 0.05) is 25.1 Å². The van der Waals surface area contributed by atoms with Crippen LogP contribution in [0.5, 0.6) is 5.75 Å². The normalized spacial score (nSPS) is 15.6. The molecule has 0 atom stereocenters. The summed E-state index contributed by atoms with van der Waals surface area (Å²) in [6.45, 7) is 1.79. The zero-order chi connectivity index (χ0) is 18.1. The van der Waals surface area contributed by atoms with Gasteiger partial charge in [-0.1, -0.05) is 0 Å². The Morgan fingerprint density at radius 1 is 1.31 bits per heavy atom. The van der Waals surface area contributed by atoms with Crippen LogP contribution >= 0.6 is 0 Å². The molecule has 2 N–H and O–H groups in total. The second-order valence-corrected chi connectivity index (χ2v) is 6.62. The largest absolute Gasteiger partial charge is 0.495 e. The Morgan fingerprint density at radius 3 is 2.81 bits per heavy atom. The molecule has 3 aromatic heterocycles. The van der Waals surface area contributed by atoms with Gasteiger partial charge in [0.15, 0.2) is 0 Å². The highest BCUT2D eigenvalue weighted by Gasteiger charge is 2.21. The number of halogens is 1. The van der Waals surface area contributed by atoms with E-state index in [9.17, 15) is 9.50 Å². The van der Waals surface area contributed by atoms with Gasteiger partial charge in [0.1, 0.15) is 17.2 Å². The number of fused-ring (bicyclic) bond motifs is 1. The molecule has 0 spiro atoms. The first-order chi connectivity index (χ1) is 12.7. The molecule has 4 heterocycles. The average Bonchev–Trinajstić information content (AvgIpc) is 3.10. The molecule has 26 heavy (non-hydrogen) atoms. The van der Waals surface area contributed by atoms with Crippen molar-refractivity contribution in [3.05, 3.63) is 36.4 Å². The topological polar surface area (TPSA) is 74.3 Å². The van der Waals surface area contributed by atoms with E-state index in [0.717, 1.165) is 31.3 Å². The number of aromatic nitrogens is 3. The maximum absolute atomic E-state index is 14.7. The Morgan fingerprint density at radius 2 is 2.12 bits per heavy atom. The van der Waals surface area contributed by atoms with E-state index in [2.05, 4.69) is 19.9 Å². The van der Waals surface area contributed by atoms with Crippen molar-refractivity contribution < 1.29 is 14.2 Å². The Balaban J connectivity index is 1.60. The van der Waals surface area contributed by atoms with Crippen molar-refractivity contribution in [1.29, 1.82) is 0 Å². The monoisotopic (exact) mass is 356 g/mol. The number of nitrogens with zero attached hydrogens (tertiary/aromatic N) is 3. The number of ether oxygens (including phenoxy) is 1. The van der Waals surface area contributed by atoms with E-state index < -0.39 is 5.95 Å². The molecule has 0 aromatic carbocycles. The van der Waals surface area contributed by atoms with Gasteiger partial charge in [0.25, 0.3) is 0 Å². The fourth-order valence-corrected chi connectivity index (χ4v) is 3.40. The summed E-state index contributed by atoms with van der Waals surface area (Å²) >= 11 is 0. The number of piperidine rings is 1. The zero-order valence-electron chi connectivity index (χ0n) is 14.6. The molecule has 7 heteroatoms. The summed E-state index contributed by atoms with van der Waals surface area (Å²) in [5.74, 6) is 1.12. The van der Waals surface area contributed by atoms with Gasteiger partial charge in [-0.3, -0.25) is 0 Å². The molecule has 6 nitrogen and oxygen atoms in total. The summed E-state index contributed by atoms with van der Waals surface area (Å²) in [6, 6.07) is 7.29.